The SMILES string of the molecule is Cc1nc(N)nc(-n2c(Nc3ccn[nH]3)nc3cc(C)c(C)cc32)n1. The lowest BCUT2D eigenvalue weighted by Gasteiger charge is -2.09. The number of anilines is 3. The second kappa shape index (κ2) is 5.55. The minimum Gasteiger partial charge on any atom is -0.368 e. The van der Waals surface area contributed by atoms with Crippen LogP contribution in [-0.4, -0.2) is 34.7 Å². The van der Waals surface area contributed by atoms with Crippen molar-refractivity contribution in [2.75, 3.05) is 11.1 Å². The van der Waals surface area contributed by atoms with Crippen molar-refractivity contribution in [1.29, 1.82) is 0 Å². The van der Waals surface area contributed by atoms with Gasteiger partial charge in [-0.15, -0.1) is 0 Å². The van der Waals surface area contributed by atoms with E-state index in [9.17, 15) is 0 Å². The average molecular weight is 335 g/mol. The van der Waals surface area contributed by atoms with E-state index in [-0.39, 0.29) is 5.95 Å². The largest absolute Gasteiger partial charge is 0.368 e. The first-order valence-electron chi connectivity index (χ1n) is 7.76. The summed E-state index contributed by atoms with van der Waals surface area (Å²) in [5.74, 6) is 2.40. The van der Waals surface area contributed by atoms with Gasteiger partial charge in [-0.25, -0.2) is 9.55 Å². The van der Waals surface area contributed by atoms with E-state index in [1.165, 1.54) is 0 Å². The molecule has 0 spiro atoms. The molecule has 0 amide bonds. The maximum atomic E-state index is 5.82. The van der Waals surface area contributed by atoms with Gasteiger partial charge in [-0.1, -0.05) is 0 Å². The molecule has 0 aliphatic carbocycles. The van der Waals surface area contributed by atoms with Gasteiger partial charge >= 0.3 is 0 Å². The summed E-state index contributed by atoms with van der Waals surface area (Å²) in [5.41, 5.74) is 9.85. The topological polar surface area (TPSA) is 123 Å². The minimum absolute atomic E-state index is 0.167. The molecule has 0 bridgehead atoms. The van der Waals surface area contributed by atoms with Gasteiger partial charge in [0, 0.05) is 6.07 Å². The molecule has 4 N–H and O–H groups in total. The Morgan fingerprint density at radius 2 is 1.84 bits per heavy atom. The summed E-state index contributed by atoms with van der Waals surface area (Å²) in [6.07, 6.45) is 1.66. The van der Waals surface area contributed by atoms with E-state index < -0.39 is 0 Å². The highest BCUT2D eigenvalue weighted by molar-refractivity contribution is 5.83. The summed E-state index contributed by atoms with van der Waals surface area (Å²) in [7, 11) is 0. The van der Waals surface area contributed by atoms with Crippen molar-refractivity contribution >= 4 is 28.7 Å². The molecule has 0 radical (unpaired) electrons. The van der Waals surface area contributed by atoms with Gasteiger partial charge in [-0.05, 0) is 44.0 Å². The number of nitrogens with zero attached hydrogens (tertiary/aromatic N) is 6. The van der Waals surface area contributed by atoms with Crippen molar-refractivity contribution in [1.82, 2.24) is 34.7 Å². The summed E-state index contributed by atoms with van der Waals surface area (Å²) in [4.78, 5) is 17.4. The number of imidazole rings is 1. The van der Waals surface area contributed by atoms with E-state index in [1.54, 1.807) is 13.1 Å². The van der Waals surface area contributed by atoms with Gasteiger partial charge in [0.15, 0.2) is 0 Å². The number of fused-ring (bicyclic) bond motifs is 1. The molecular weight excluding hydrogens is 318 g/mol. The fourth-order valence-corrected chi connectivity index (χ4v) is 2.65. The van der Waals surface area contributed by atoms with E-state index >= 15 is 0 Å². The van der Waals surface area contributed by atoms with Crippen molar-refractivity contribution in [2.45, 2.75) is 20.8 Å². The molecule has 126 valence electrons. The van der Waals surface area contributed by atoms with Gasteiger partial charge in [-0.3, -0.25) is 5.10 Å². The fraction of sp³-hybridized carbons (Fsp3) is 0.188. The van der Waals surface area contributed by atoms with Gasteiger partial charge in [0.1, 0.15) is 11.6 Å². The Bertz CT molecular complexity index is 1040. The van der Waals surface area contributed by atoms with E-state index in [2.05, 4.69) is 55.4 Å². The molecular formula is C16H17N9. The molecule has 9 nitrogen and oxygen atoms in total. The Morgan fingerprint density at radius 1 is 1.04 bits per heavy atom. The summed E-state index contributed by atoms with van der Waals surface area (Å²) < 4.78 is 1.83. The number of hydrogen-bond acceptors (Lipinski definition) is 7. The number of benzene rings is 1. The van der Waals surface area contributed by atoms with Crippen LogP contribution in [0.15, 0.2) is 24.4 Å². The summed E-state index contributed by atoms with van der Waals surface area (Å²) in [6.45, 7) is 5.89. The number of rotatable bonds is 3. The zero-order valence-corrected chi connectivity index (χ0v) is 14.1. The predicted octanol–water partition coefficient (Wildman–Crippen LogP) is 2.18. The number of hydrogen-bond donors (Lipinski definition) is 3. The Balaban J connectivity index is 1.99. The number of nitrogens with one attached hydrogen (secondary N) is 2. The molecule has 4 aromatic rings. The molecule has 0 saturated carbocycles. The predicted molar refractivity (Wildman–Crippen MR) is 94.9 cm³/mol. The van der Waals surface area contributed by atoms with Crippen LogP contribution in [0.4, 0.5) is 17.7 Å². The van der Waals surface area contributed by atoms with Crippen molar-refractivity contribution in [3.8, 4) is 5.95 Å². The van der Waals surface area contributed by atoms with Crippen LogP contribution in [0.1, 0.15) is 17.0 Å². The second-order valence-corrected chi connectivity index (χ2v) is 5.83. The Morgan fingerprint density at radius 3 is 2.56 bits per heavy atom. The third-order valence-corrected chi connectivity index (χ3v) is 3.97. The lowest BCUT2D eigenvalue weighted by atomic mass is 10.1. The highest BCUT2D eigenvalue weighted by Crippen LogP contribution is 2.27. The third kappa shape index (κ3) is 2.65. The molecule has 25 heavy (non-hydrogen) atoms. The lowest BCUT2D eigenvalue weighted by molar-refractivity contribution is 0.892. The van der Waals surface area contributed by atoms with Crippen LogP contribution >= 0.6 is 0 Å². The molecule has 0 saturated heterocycles. The maximum Gasteiger partial charge on any atom is 0.242 e. The average Bonchev–Trinajstić information content (AvgIpc) is 3.15. The molecule has 0 aliphatic rings. The summed E-state index contributed by atoms with van der Waals surface area (Å²) >= 11 is 0. The van der Waals surface area contributed by atoms with Crippen LogP contribution in [0.3, 0.4) is 0 Å². The lowest BCUT2D eigenvalue weighted by Crippen LogP contribution is -2.10. The van der Waals surface area contributed by atoms with Gasteiger partial charge in [-0.2, -0.15) is 20.1 Å². The normalized spacial score (nSPS) is 11.2. The van der Waals surface area contributed by atoms with Crippen molar-refractivity contribution < 1.29 is 0 Å². The number of aromatic nitrogens is 7. The van der Waals surface area contributed by atoms with Crippen molar-refractivity contribution in [3.05, 3.63) is 41.3 Å². The van der Waals surface area contributed by atoms with Gasteiger partial charge in [0.25, 0.3) is 0 Å². The van der Waals surface area contributed by atoms with Crippen molar-refractivity contribution in [2.24, 2.45) is 0 Å². The number of H-pyrrole nitrogens is 1. The smallest absolute Gasteiger partial charge is 0.242 e. The number of nitrogen functional groups attached to an aromatic ring is 1. The minimum atomic E-state index is 0.167. The molecule has 9 heteroatoms. The Kier molecular flexibility index (Phi) is 3.34. The fourth-order valence-electron chi connectivity index (χ4n) is 2.65. The molecule has 3 heterocycles. The van der Waals surface area contributed by atoms with Crippen LogP contribution in [-0.2, 0) is 0 Å². The number of aryl methyl sites for hydroxylation is 3. The molecule has 3 aromatic heterocycles. The molecule has 0 unspecified atom stereocenters. The Hall–Kier alpha value is -3.49. The second-order valence-electron chi connectivity index (χ2n) is 5.83. The Labute approximate surface area is 143 Å². The van der Waals surface area contributed by atoms with E-state index in [4.69, 9.17) is 5.73 Å². The van der Waals surface area contributed by atoms with Gasteiger partial charge in [0.05, 0.1) is 17.2 Å². The number of aromatic amines is 1. The molecule has 0 fully saturated rings. The van der Waals surface area contributed by atoms with Crippen LogP contribution < -0.4 is 11.1 Å². The van der Waals surface area contributed by atoms with Crippen LogP contribution in [0.2, 0.25) is 0 Å². The van der Waals surface area contributed by atoms with E-state index in [1.807, 2.05) is 16.7 Å². The highest BCUT2D eigenvalue weighted by atomic mass is 15.3. The summed E-state index contributed by atoms with van der Waals surface area (Å²) in [6, 6.07) is 5.91. The first kappa shape index (κ1) is 15.1. The first-order chi connectivity index (χ1) is 12.0. The highest BCUT2D eigenvalue weighted by Gasteiger charge is 2.17. The van der Waals surface area contributed by atoms with E-state index in [0.29, 0.717) is 23.5 Å². The zero-order valence-electron chi connectivity index (χ0n) is 14.1. The molecule has 4 rings (SSSR count). The van der Waals surface area contributed by atoms with Crippen molar-refractivity contribution in [3.63, 3.8) is 0 Å². The van der Waals surface area contributed by atoms with Gasteiger partial charge < -0.3 is 11.1 Å². The van der Waals surface area contributed by atoms with Crippen LogP contribution in [0.25, 0.3) is 17.0 Å². The zero-order chi connectivity index (χ0) is 17.6. The first-order valence-corrected chi connectivity index (χ1v) is 7.76. The van der Waals surface area contributed by atoms with E-state index in [0.717, 1.165) is 22.2 Å². The maximum absolute atomic E-state index is 5.82. The van der Waals surface area contributed by atoms with Crippen LogP contribution in [0.5, 0.6) is 0 Å². The van der Waals surface area contributed by atoms with Gasteiger partial charge in [0.2, 0.25) is 17.8 Å². The third-order valence-electron chi connectivity index (χ3n) is 3.97. The quantitative estimate of drug-likeness (QED) is 0.524. The monoisotopic (exact) mass is 335 g/mol. The molecule has 1 aromatic carbocycles. The standard InChI is InChI=1S/C16H17N9/c1-8-6-11-12(7-9(8)2)25(15-20-10(3)19-14(17)23-15)16(21-11)22-13-4-5-18-24-13/h4-7H,1-3H3,(H2,17,19,20,23)(H2,18,21,22,24). The molecule has 0 aliphatic heterocycles. The number of nitrogens with two attached hydrogens (primary N) is 1. The molecule has 0 atom stereocenters. The van der Waals surface area contributed by atoms with Crippen LogP contribution in [0, 0.1) is 20.8 Å². The summed E-state index contributed by atoms with van der Waals surface area (Å²) in [5, 5.41) is 10.0.